The van der Waals surface area contributed by atoms with Gasteiger partial charge in [-0.25, -0.2) is 0 Å². The second-order valence-electron chi connectivity index (χ2n) is 5.48. The summed E-state index contributed by atoms with van der Waals surface area (Å²) in [6.45, 7) is 9.00. The van der Waals surface area contributed by atoms with E-state index in [1.54, 1.807) is 0 Å². The van der Waals surface area contributed by atoms with E-state index in [1.807, 2.05) is 0 Å². The van der Waals surface area contributed by atoms with Gasteiger partial charge in [0.15, 0.2) is 0 Å². The van der Waals surface area contributed by atoms with Crippen molar-refractivity contribution in [1.29, 1.82) is 0 Å². The molecule has 3 nitrogen and oxygen atoms in total. The number of nitrogens with one attached hydrogen (secondary N) is 1. The van der Waals surface area contributed by atoms with Crippen molar-refractivity contribution in [2.24, 2.45) is 0 Å². The topological polar surface area (TPSA) is 24.5 Å². The predicted octanol–water partition coefficient (Wildman–Crippen LogP) is 1.63. The largest absolute Gasteiger partial charge is 0.381 e. The molecule has 1 atom stereocenters. The first-order valence-corrected chi connectivity index (χ1v) is 6.83. The molecule has 0 saturated carbocycles. The van der Waals surface area contributed by atoms with Crippen molar-refractivity contribution in [1.82, 2.24) is 10.2 Å². The predicted molar refractivity (Wildman–Crippen MR) is 66.7 cm³/mol. The van der Waals surface area contributed by atoms with Crippen LogP contribution in [0.5, 0.6) is 0 Å². The van der Waals surface area contributed by atoms with Crippen molar-refractivity contribution in [3.05, 3.63) is 0 Å². The number of hydrogen-bond acceptors (Lipinski definition) is 3. The highest BCUT2D eigenvalue weighted by atomic mass is 16.5. The molecule has 16 heavy (non-hydrogen) atoms. The summed E-state index contributed by atoms with van der Waals surface area (Å²) in [6.07, 6.45) is 5.08. The molecule has 0 aromatic carbocycles. The zero-order valence-corrected chi connectivity index (χ0v) is 10.7. The van der Waals surface area contributed by atoms with Gasteiger partial charge in [0.25, 0.3) is 0 Å². The Balaban J connectivity index is 1.75. The molecule has 2 saturated heterocycles. The SMILES string of the molecule is CC(C)N1CCCC(NC2CCOCC2)C1. The Morgan fingerprint density at radius 1 is 1.12 bits per heavy atom. The van der Waals surface area contributed by atoms with Gasteiger partial charge in [-0.1, -0.05) is 0 Å². The minimum atomic E-state index is 0.694. The van der Waals surface area contributed by atoms with Gasteiger partial charge in [0.05, 0.1) is 0 Å². The summed E-state index contributed by atoms with van der Waals surface area (Å²) in [4.78, 5) is 2.60. The molecule has 0 amide bonds. The van der Waals surface area contributed by atoms with Crippen molar-refractivity contribution in [3.63, 3.8) is 0 Å². The van der Waals surface area contributed by atoms with Crippen molar-refractivity contribution < 1.29 is 4.74 Å². The Labute approximate surface area is 99.5 Å². The molecule has 1 N–H and O–H groups in total. The van der Waals surface area contributed by atoms with Gasteiger partial charge in [0.2, 0.25) is 0 Å². The first-order valence-electron chi connectivity index (χ1n) is 6.83. The summed E-state index contributed by atoms with van der Waals surface area (Å²) < 4.78 is 5.40. The van der Waals surface area contributed by atoms with Crippen LogP contribution in [0.15, 0.2) is 0 Å². The third-order valence-corrected chi connectivity index (χ3v) is 3.88. The van der Waals surface area contributed by atoms with Gasteiger partial charge in [-0.05, 0) is 46.1 Å². The third-order valence-electron chi connectivity index (χ3n) is 3.88. The zero-order valence-electron chi connectivity index (χ0n) is 10.7. The van der Waals surface area contributed by atoms with Crippen LogP contribution in [0.25, 0.3) is 0 Å². The molecule has 2 fully saturated rings. The summed E-state index contributed by atoms with van der Waals surface area (Å²) in [7, 11) is 0. The van der Waals surface area contributed by atoms with Gasteiger partial charge in [0, 0.05) is 37.9 Å². The molecule has 0 aliphatic carbocycles. The van der Waals surface area contributed by atoms with Crippen LogP contribution in [0.2, 0.25) is 0 Å². The fourth-order valence-electron chi connectivity index (χ4n) is 2.81. The number of likely N-dealkylation sites (tertiary alicyclic amines) is 1. The second kappa shape index (κ2) is 5.99. The van der Waals surface area contributed by atoms with Crippen LogP contribution < -0.4 is 5.32 Å². The van der Waals surface area contributed by atoms with Crippen LogP contribution in [-0.4, -0.2) is 49.3 Å². The van der Waals surface area contributed by atoms with E-state index < -0.39 is 0 Å². The number of hydrogen-bond donors (Lipinski definition) is 1. The van der Waals surface area contributed by atoms with E-state index in [1.165, 1.54) is 38.8 Å². The molecular formula is C13H26N2O. The summed E-state index contributed by atoms with van der Waals surface area (Å²) in [5.41, 5.74) is 0. The molecule has 0 bridgehead atoms. The maximum atomic E-state index is 5.40. The maximum absolute atomic E-state index is 5.40. The first-order chi connectivity index (χ1) is 7.75. The highest BCUT2D eigenvalue weighted by molar-refractivity contribution is 4.83. The molecule has 0 aromatic rings. The molecule has 2 rings (SSSR count). The Kier molecular flexibility index (Phi) is 4.62. The van der Waals surface area contributed by atoms with Gasteiger partial charge in [-0.3, -0.25) is 4.90 Å². The van der Waals surface area contributed by atoms with Crippen LogP contribution in [0.4, 0.5) is 0 Å². The number of rotatable bonds is 3. The lowest BCUT2D eigenvalue weighted by Crippen LogP contribution is -2.51. The van der Waals surface area contributed by atoms with Gasteiger partial charge in [0.1, 0.15) is 0 Å². The van der Waals surface area contributed by atoms with Crippen LogP contribution in [-0.2, 0) is 4.74 Å². The lowest BCUT2D eigenvalue weighted by molar-refractivity contribution is 0.0673. The van der Waals surface area contributed by atoms with Crippen LogP contribution >= 0.6 is 0 Å². The third kappa shape index (κ3) is 3.44. The normalized spacial score (nSPS) is 29.8. The molecule has 2 heterocycles. The van der Waals surface area contributed by atoms with Crippen molar-refractivity contribution >= 4 is 0 Å². The van der Waals surface area contributed by atoms with E-state index in [0.29, 0.717) is 18.1 Å². The van der Waals surface area contributed by atoms with Crippen LogP contribution in [0, 0.1) is 0 Å². The van der Waals surface area contributed by atoms with Crippen molar-refractivity contribution in [3.8, 4) is 0 Å². The van der Waals surface area contributed by atoms with Crippen molar-refractivity contribution in [2.45, 2.75) is 57.7 Å². The van der Waals surface area contributed by atoms with Gasteiger partial charge < -0.3 is 10.1 Å². The maximum Gasteiger partial charge on any atom is 0.0480 e. The lowest BCUT2D eigenvalue weighted by atomic mass is 10.0. The molecular weight excluding hydrogens is 200 g/mol. The molecule has 3 heteroatoms. The molecule has 1 unspecified atom stereocenters. The highest BCUT2D eigenvalue weighted by Gasteiger charge is 2.24. The van der Waals surface area contributed by atoms with Crippen LogP contribution in [0.1, 0.15) is 39.5 Å². The summed E-state index contributed by atoms with van der Waals surface area (Å²) >= 11 is 0. The number of ether oxygens (including phenoxy) is 1. The average Bonchev–Trinajstić information content (AvgIpc) is 2.30. The fraction of sp³-hybridized carbons (Fsp3) is 1.00. The Hall–Kier alpha value is -0.120. The Bertz CT molecular complexity index is 202. The molecule has 0 radical (unpaired) electrons. The summed E-state index contributed by atoms with van der Waals surface area (Å²) in [5, 5.41) is 3.82. The minimum absolute atomic E-state index is 0.694. The number of piperidine rings is 1. The van der Waals surface area contributed by atoms with Crippen molar-refractivity contribution in [2.75, 3.05) is 26.3 Å². The Morgan fingerprint density at radius 3 is 2.56 bits per heavy atom. The summed E-state index contributed by atoms with van der Waals surface area (Å²) in [6, 6.07) is 2.10. The van der Waals surface area contributed by atoms with E-state index in [0.717, 1.165) is 13.2 Å². The highest BCUT2D eigenvalue weighted by Crippen LogP contribution is 2.15. The molecule has 2 aliphatic rings. The fourth-order valence-corrected chi connectivity index (χ4v) is 2.81. The second-order valence-corrected chi connectivity index (χ2v) is 5.48. The lowest BCUT2D eigenvalue weighted by Gasteiger charge is -2.38. The van der Waals surface area contributed by atoms with E-state index in [-0.39, 0.29) is 0 Å². The van der Waals surface area contributed by atoms with E-state index >= 15 is 0 Å². The summed E-state index contributed by atoms with van der Waals surface area (Å²) in [5.74, 6) is 0. The molecule has 2 aliphatic heterocycles. The molecule has 94 valence electrons. The quantitative estimate of drug-likeness (QED) is 0.791. The molecule has 0 spiro atoms. The minimum Gasteiger partial charge on any atom is -0.381 e. The van der Waals surface area contributed by atoms with E-state index in [2.05, 4.69) is 24.1 Å². The van der Waals surface area contributed by atoms with E-state index in [9.17, 15) is 0 Å². The molecule has 0 aromatic heterocycles. The standard InChI is InChI=1S/C13H26N2O/c1-11(2)15-7-3-4-13(10-15)14-12-5-8-16-9-6-12/h11-14H,3-10H2,1-2H3. The zero-order chi connectivity index (χ0) is 11.4. The monoisotopic (exact) mass is 226 g/mol. The first kappa shape index (κ1) is 12.3. The number of nitrogens with zero attached hydrogens (tertiary/aromatic N) is 1. The van der Waals surface area contributed by atoms with Gasteiger partial charge in [-0.2, -0.15) is 0 Å². The van der Waals surface area contributed by atoms with Gasteiger partial charge in [-0.15, -0.1) is 0 Å². The van der Waals surface area contributed by atoms with Gasteiger partial charge >= 0.3 is 0 Å². The van der Waals surface area contributed by atoms with Crippen LogP contribution in [0.3, 0.4) is 0 Å². The smallest absolute Gasteiger partial charge is 0.0480 e. The van der Waals surface area contributed by atoms with E-state index in [4.69, 9.17) is 4.74 Å². The Morgan fingerprint density at radius 2 is 1.88 bits per heavy atom. The average molecular weight is 226 g/mol.